The number of nitrogen functional groups attached to an aromatic ring is 1. The molecule has 0 bridgehead atoms. The SMILES string of the molecule is COCC(Nc1cccc(Cl)c1N)C(C)C. The molecule has 0 saturated heterocycles. The first kappa shape index (κ1) is 13.1. The lowest BCUT2D eigenvalue weighted by Gasteiger charge is -2.23. The number of rotatable bonds is 5. The van der Waals surface area contributed by atoms with Crippen molar-refractivity contribution in [1.29, 1.82) is 0 Å². The number of benzene rings is 1. The number of nitrogens with one attached hydrogen (secondary N) is 1. The Morgan fingerprint density at radius 1 is 1.44 bits per heavy atom. The largest absolute Gasteiger partial charge is 0.396 e. The van der Waals surface area contributed by atoms with E-state index in [4.69, 9.17) is 22.1 Å². The van der Waals surface area contributed by atoms with Crippen molar-refractivity contribution < 1.29 is 4.74 Å². The van der Waals surface area contributed by atoms with E-state index in [0.717, 1.165) is 5.69 Å². The fraction of sp³-hybridized carbons (Fsp3) is 0.500. The van der Waals surface area contributed by atoms with Crippen LogP contribution in [0.15, 0.2) is 18.2 Å². The molecule has 0 amide bonds. The molecular formula is C12H19ClN2O. The van der Waals surface area contributed by atoms with Gasteiger partial charge in [0.1, 0.15) is 0 Å². The highest BCUT2D eigenvalue weighted by Gasteiger charge is 2.14. The predicted octanol–water partition coefficient (Wildman–Crippen LogP) is 3.01. The number of hydrogen-bond acceptors (Lipinski definition) is 3. The quantitative estimate of drug-likeness (QED) is 0.781. The van der Waals surface area contributed by atoms with Gasteiger partial charge < -0.3 is 15.8 Å². The van der Waals surface area contributed by atoms with Crippen molar-refractivity contribution in [2.45, 2.75) is 19.9 Å². The van der Waals surface area contributed by atoms with Crippen molar-refractivity contribution in [2.24, 2.45) is 5.92 Å². The normalized spacial score (nSPS) is 12.8. The fourth-order valence-electron chi connectivity index (χ4n) is 1.44. The number of hydrogen-bond donors (Lipinski definition) is 2. The number of ether oxygens (including phenoxy) is 1. The Kier molecular flexibility index (Phi) is 4.90. The van der Waals surface area contributed by atoms with Crippen LogP contribution in [0.5, 0.6) is 0 Å². The van der Waals surface area contributed by atoms with Crippen LogP contribution >= 0.6 is 11.6 Å². The number of para-hydroxylation sites is 1. The second kappa shape index (κ2) is 5.97. The lowest BCUT2D eigenvalue weighted by molar-refractivity contribution is 0.171. The average molecular weight is 243 g/mol. The lowest BCUT2D eigenvalue weighted by atomic mass is 10.0. The third-order valence-electron chi connectivity index (χ3n) is 2.54. The summed E-state index contributed by atoms with van der Waals surface area (Å²) < 4.78 is 5.17. The Labute approximate surface area is 102 Å². The summed E-state index contributed by atoms with van der Waals surface area (Å²) in [6.07, 6.45) is 0. The van der Waals surface area contributed by atoms with E-state index in [1.807, 2.05) is 12.1 Å². The summed E-state index contributed by atoms with van der Waals surface area (Å²) in [5, 5.41) is 3.93. The fourth-order valence-corrected chi connectivity index (χ4v) is 1.62. The van der Waals surface area contributed by atoms with Crippen LogP contribution in [0.3, 0.4) is 0 Å². The molecule has 1 aromatic carbocycles. The molecule has 0 aromatic heterocycles. The predicted molar refractivity (Wildman–Crippen MR) is 70.0 cm³/mol. The van der Waals surface area contributed by atoms with Crippen LogP contribution < -0.4 is 11.1 Å². The van der Waals surface area contributed by atoms with E-state index in [1.54, 1.807) is 13.2 Å². The van der Waals surface area contributed by atoms with Crippen molar-refractivity contribution in [3.05, 3.63) is 23.2 Å². The highest BCUT2D eigenvalue weighted by Crippen LogP contribution is 2.28. The molecule has 3 nitrogen and oxygen atoms in total. The van der Waals surface area contributed by atoms with Gasteiger partial charge in [-0.25, -0.2) is 0 Å². The molecule has 16 heavy (non-hydrogen) atoms. The maximum Gasteiger partial charge on any atom is 0.0739 e. The Balaban J connectivity index is 2.81. The van der Waals surface area contributed by atoms with Crippen molar-refractivity contribution in [1.82, 2.24) is 0 Å². The number of anilines is 2. The molecule has 0 fully saturated rings. The van der Waals surface area contributed by atoms with E-state index in [0.29, 0.717) is 23.2 Å². The molecule has 1 atom stereocenters. The van der Waals surface area contributed by atoms with Crippen LogP contribution in [0.4, 0.5) is 11.4 Å². The summed E-state index contributed by atoms with van der Waals surface area (Å²) in [5.74, 6) is 0.457. The topological polar surface area (TPSA) is 47.3 Å². The molecule has 90 valence electrons. The first-order valence-corrected chi connectivity index (χ1v) is 5.73. The summed E-state index contributed by atoms with van der Waals surface area (Å²) in [7, 11) is 1.69. The van der Waals surface area contributed by atoms with Crippen molar-refractivity contribution in [2.75, 3.05) is 24.8 Å². The van der Waals surface area contributed by atoms with E-state index in [2.05, 4.69) is 19.2 Å². The zero-order valence-corrected chi connectivity index (χ0v) is 10.7. The molecule has 0 saturated carbocycles. The van der Waals surface area contributed by atoms with E-state index in [1.165, 1.54) is 0 Å². The molecule has 0 radical (unpaired) electrons. The third-order valence-corrected chi connectivity index (χ3v) is 2.87. The molecule has 1 aromatic rings. The van der Waals surface area contributed by atoms with Crippen LogP contribution in [-0.2, 0) is 4.74 Å². The van der Waals surface area contributed by atoms with Crippen molar-refractivity contribution >= 4 is 23.0 Å². The Morgan fingerprint density at radius 2 is 2.12 bits per heavy atom. The summed E-state index contributed by atoms with van der Waals surface area (Å²) >= 11 is 5.96. The van der Waals surface area contributed by atoms with Gasteiger partial charge >= 0.3 is 0 Å². The molecule has 4 heteroatoms. The van der Waals surface area contributed by atoms with E-state index >= 15 is 0 Å². The second-order valence-electron chi connectivity index (χ2n) is 4.15. The van der Waals surface area contributed by atoms with E-state index < -0.39 is 0 Å². The molecule has 0 aliphatic heterocycles. The Hall–Kier alpha value is -0.930. The first-order valence-electron chi connectivity index (χ1n) is 5.35. The van der Waals surface area contributed by atoms with Gasteiger partial charge in [-0.1, -0.05) is 31.5 Å². The van der Waals surface area contributed by atoms with Crippen LogP contribution in [0.2, 0.25) is 5.02 Å². The average Bonchev–Trinajstić information content (AvgIpc) is 2.23. The third kappa shape index (κ3) is 3.29. The van der Waals surface area contributed by atoms with Crippen molar-refractivity contribution in [3.63, 3.8) is 0 Å². The molecule has 3 N–H and O–H groups in total. The monoisotopic (exact) mass is 242 g/mol. The van der Waals surface area contributed by atoms with Gasteiger partial charge in [0.05, 0.1) is 29.0 Å². The van der Waals surface area contributed by atoms with Gasteiger partial charge in [0.15, 0.2) is 0 Å². The summed E-state index contributed by atoms with van der Waals surface area (Å²) in [5.41, 5.74) is 7.34. The second-order valence-corrected chi connectivity index (χ2v) is 4.56. The molecule has 0 aliphatic carbocycles. The van der Waals surface area contributed by atoms with Gasteiger partial charge in [0.2, 0.25) is 0 Å². The van der Waals surface area contributed by atoms with Crippen LogP contribution in [0, 0.1) is 5.92 Å². The first-order chi connectivity index (χ1) is 7.56. The van der Waals surface area contributed by atoms with Crippen LogP contribution in [0.25, 0.3) is 0 Å². The van der Waals surface area contributed by atoms with E-state index in [-0.39, 0.29) is 6.04 Å². The smallest absolute Gasteiger partial charge is 0.0739 e. The van der Waals surface area contributed by atoms with Gasteiger partial charge in [0.25, 0.3) is 0 Å². The minimum Gasteiger partial charge on any atom is -0.396 e. The number of methoxy groups -OCH3 is 1. The van der Waals surface area contributed by atoms with Crippen LogP contribution in [0.1, 0.15) is 13.8 Å². The maximum absolute atomic E-state index is 5.96. The minimum absolute atomic E-state index is 0.228. The molecule has 0 aliphatic rings. The minimum atomic E-state index is 0.228. The van der Waals surface area contributed by atoms with Gasteiger partial charge in [-0.3, -0.25) is 0 Å². The standard InChI is InChI=1S/C12H19ClN2O/c1-8(2)11(7-16-3)15-10-6-4-5-9(13)12(10)14/h4-6,8,11,15H,7,14H2,1-3H3. The van der Waals surface area contributed by atoms with Crippen LogP contribution in [-0.4, -0.2) is 19.8 Å². The van der Waals surface area contributed by atoms with Crippen molar-refractivity contribution in [3.8, 4) is 0 Å². The summed E-state index contributed by atoms with van der Waals surface area (Å²) in [6.45, 7) is 4.92. The zero-order chi connectivity index (χ0) is 12.1. The Morgan fingerprint density at radius 3 is 2.69 bits per heavy atom. The number of halogens is 1. The number of nitrogens with two attached hydrogens (primary N) is 1. The molecule has 1 rings (SSSR count). The molecule has 0 spiro atoms. The van der Waals surface area contributed by atoms with Gasteiger partial charge in [-0.15, -0.1) is 0 Å². The molecule has 0 heterocycles. The summed E-state index contributed by atoms with van der Waals surface area (Å²) in [4.78, 5) is 0. The maximum atomic E-state index is 5.96. The molecular weight excluding hydrogens is 224 g/mol. The highest BCUT2D eigenvalue weighted by atomic mass is 35.5. The van der Waals surface area contributed by atoms with Gasteiger partial charge in [-0.05, 0) is 18.1 Å². The molecule has 1 unspecified atom stereocenters. The zero-order valence-electron chi connectivity index (χ0n) is 9.96. The Bertz CT molecular complexity index is 342. The summed E-state index contributed by atoms with van der Waals surface area (Å²) in [6, 6.07) is 5.81. The van der Waals surface area contributed by atoms with Gasteiger partial charge in [0, 0.05) is 7.11 Å². The van der Waals surface area contributed by atoms with E-state index in [9.17, 15) is 0 Å². The highest BCUT2D eigenvalue weighted by molar-refractivity contribution is 6.33. The van der Waals surface area contributed by atoms with Gasteiger partial charge in [-0.2, -0.15) is 0 Å². The lowest BCUT2D eigenvalue weighted by Crippen LogP contribution is -2.30.